The number of pyridine rings is 1. The van der Waals surface area contributed by atoms with Gasteiger partial charge in [-0.05, 0) is 31.7 Å². The maximum absolute atomic E-state index is 5.94. The van der Waals surface area contributed by atoms with Crippen LogP contribution in [0.15, 0.2) is 30.5 Å². The number of rotatable bonds is 5. The molecule has 2 aromatic rings. The molecule has 0 atom stereocenters. The SMILES string of the molecule is CNCc1cnc(C)cc1OCc1ccc2c(c1)OCO2. The first-order valence-electron chi connectivity index (χ1n) is 6.87. The summed E-state index contributed by atoms with van der Waals surface area (Å²) < 4.78 is 16.6. The highest BCUT2D eigenvalue weighted by Crippen LogP contribution is 2.32. The maximum Gasteiger partial charge on any atom is 0.231 e. The Morgan fingerprint density at radius 2 is 2.10 bits per heavy atom. The van der Waals surface area contributed by atoms with Gasteiger partial charge >= 0.3 is 0 Å². The van der Waals surface area contributed by atoms with Crippen LogP contribution in [0.4, 0.5) is 0 Å². The fourth-order valence-corrected chi connectivity index (χ4v) is 2.21. The van der Waals surface area contributed by atoms with E-state index in [0.29, 0.717) is 6.61 Å². The molecule has 3 rings (SSSR count). The van der Waals surface area contributed by atoms with Crippen LogP contribution in [0.25, 0.3) is 0 Å². The van der Waals surface area contributed by atoms with Gasteiger partial charge in [0.1, 0.15) is 12.4 Å². The van der Waals surface area contributed by atoms with Gasteiger partial charge in [-0.1, -0.05) is 6.07 Å². The zero-order chi connectivity index (χ0) is 14.7. The van der Waals surface area contributed by atoms with E-state index in [-0.39, 0.29) is 6.79 Å². The first kappa shape index (κ1) is 13.7. The zero-order valence-electron chi connectivity index (χ0n) is 12.2. The van der Waals surface area contributed by atoms with Gasteiger partial charge in [-0.3, -0.25) is 4.98 Å². The zero-order valence-corrected chi connectivity index (χ0v) is 12.2. The molecule has 0 amide bonds. The van der Waals surface area contributed by atoms with Crippen molar-refractivity contribution >= 4 is 0 Å². The molecule has 0 radical (unpaired) electrons. The molecule has 0 bridgehead atoms. The molecule has 5 heteroatoms. The van der Waals surface area contributed by atoms with Gasteiger partial charge in [0, 0.05) is 30.1 Å². The molecule has 0 fully saturated rings. The molecule has 1 aromatic heterocycles. The molecule has 21 heavy (non-hydrogen) atoms. The van der Waals surface area contributed by atoms with Crippen molar-refractivity contribution < 1.29 is 14.2 Å². The van der Waals surface area contributed by atoms with Gasteiger partial charge in [-0.25, -0.2) is 0 Å². The van der Waals surface area contributed by atoms with Crippen LogP contribution in [0.3, 0.4) is 0 Å². The highest BCUT2D eigenvalue weighted by Gasteiger charge is 2.13. The predicted octanol–water partition coefficient (Wildman–Crippen LogP) is 2.42. The van der Waals surface area contributed by atoms with Crippen molar-refractivity contribution in [3.05, 3.63) is 47.3 Å². The van der Waals surface area contributed by atoms with Crippen LogP contribution in [0.1, 0.15) is 16.8 Å². The van der Waals surface area contributed by atoms with Gasteiger partial charge in [0.15, 0.2) is 11.5 Å². The van der Waals surface area contributed by atoms with E-state index in [9.17, 15) is 0 Å². The molecule has 0 saturated carbocycles. The minimum atomic E-state index is 0.287. The maximum atomic E-state index is 5.94. The Kier molecular flexibility index (Phi) is 3.92. The first-order chi connectivity index (χ1) is 10.3. The number of nitrogens with one attached hydrogen (secondary N) is 1. The third-order valence-corrected chi connectivity index (χ3v) is 3.28. The fraction of sp³-hybridized carbons (Fsp3) is 0.312. The van der Waals surface area contributed by atoms with Crippen molar-refractivity contribution in [3.63, 3.8) is 0 Å². The average Bonchev–Trinajstić information content (AvgIpc) is 2.95. The van der Waals surface area contributed by atoms with E-state index < -0.39 is 0 Å². The Bertz CT molecular complexity index is 643. The molecule has 1 aliphatic rings. The minimum absolute atomic E-state index is 0.287. The Morgan fingerprint density at radius 1 is 1.24 bits per heavy atom. The van der Waals surface area contributed by atoms with Gasteiger partial charge in [0.05, 0.1) is 0 Å². The van der Waals surface area contributed by atoms with E-state index in [1.54, 1.807) is 0 Å². The highest BCUT2D eigenvalue weighted by atomic mass is 16.7. The predicted molar refractivity (Wildman–Crippen MR) is 78.6 cm³/mol. The number of aryl methyl sites for hydroxylation is 1. The second-order valence-electron chi connectivity index (χ2n) is 4.94. The Labute approximate surface area is 123 Å². The average molecular weight is 286 g/mol. The fourth-order valence-electron chi connectivity index (χ4n) is 2.21. The summed E-state index contributed by atoms with van der Waals surface area (Å²) in [5.74, 6) is 2.42. The summed E-state index contributed by atoms with van der Waals surface area (Å²) in [7, 11) is 1.90. The molecule has 2 heterocycles. The van der Waals surface area contributed by atoms with Crippen molar-refractivity contribution in [1.82, 2.24) is 10.3 Å². The summed E-state index contributed by atoms with van der Waals surface area (Å²) in [6, 6.07) is 7.81. The molecular weight excluding hydrogens is 268 g/mol. The molecule has 0 unspecified atom stereocenters. The normalized spacial score (nSPS) is 12.5. The lowest BCUT2D eigenvalue weighted by Crippen LogP contribution is -2.08. The van der Waals surface area contributed by atoms with E-state index in [0.717, 1.165) is 40.6 Å². The first-order valence-corrected chi connectivity index (χ1v) is 6.87. The summed E-state index contributed by atoms with van der Waals surface area (Å²) in [6.45, 7) is 3.45. The van der Waals surface area contributed by atoms with E-state index >= 15 is 0 Å². The van der Waals surface area contributed by atoms with Crippen molar-refractivity contribution in [2.75, 3.05) is 13.8 Å². The number of benzene rings is 1. The molecule has 0 spiro atoms. The van der Waals surface area contributed by atoms with Crippen molar-refractivity contribution in [1.29, 1.82) is 0 Å². The van der Waals surface area contributed by atoms with Crippen LogP contribution in [0.2, 0.25) is 0 Å². The van der Waals surface area contributed by atoms with Crippen LogP contribution < -0.4 is 19.5 Å². The molecule has 1 N–H and O–H groups in total. The Hall–Kier alpha value is -2.27. The van der Waals surface area contributed by atoms with E-state index in [4.69, 9.17) is 14.2 Å². The second kappa shape index (κ2) is 6.01. The molecule has 1 aromatic carbocycles. The van der Waals surface area contributed by atoms with Crippen molar-refractivity contribution in [2.45, 2.75) is 20.1 Å². The lowest BCUT2D eigenvalue weighted by atomic mass is 10.2. The highest BCUT2D eigenvalue weighted by molar-refractivity contribution is 5.44. The summed E-state index contributed by atoms with van der Waals surface area (Å²) >= 11 is 0. The summed E-state index contributed by atoms with van der Waals surface area (Å²) in [5, 5.41) is 3.12. The molecule has 0 aliphatic carbocycles. The minimum Gasteiger partial charge on any atom is -0.488 e. The van der Waals surface area contributed by atoms with Crippen LogP contribution in [0.5, 0.6) is 17.2 Å². The Balaban J connectivity index is 1.74. The van der Waals surface area contributed by atoms with Crippen LogP contribution in [-0.2, 0) is 13.2 Å². The molecule has 110 valence electrons. The third-order valence-electron chi connectivity index (χ3n) is 3.28. The molecule has 0 saturated heterocycles. The standard InChI is InChI=1S/C16H18N2O3/c1-11-5-15(13(7-17-2)8-18-11)19-9-12-3-4-14-16(6-12)21-10-20-14/h3-6,8,17H,7,9-10H2,1-2H3. The van der Waals surface area contributed by atoms with Crippen molar-refractivity contribution in [3.8, 4) is 17.2 Å². The lowest BCUT2D eigenvalue weighted by Gasteiger charge is -2.12. The molecular formula is C16H18N2O3. The van der Waals surface area contributed by atoms with E-state index in [1.807, 2.05) is 44.4 Å². The van der Waals surface area contributed by atoms with Crippen LogP contribution >= 0.6 is 0 Å². The van der Waals surface area contributed by atoms with Gasteiger partial charge in [0.2, 0.25) is 6.79 Å². The number of fused-ring (bicyclic) bond motifs is 1. The summed E-state index contributed by atoms with van der Waals surface area (Å²) in [4.78, 5) is 4.30. The number of ether oxygens (including phenoxy) is 3. The van der Waals surface area contributed by atoms with Crippen LogP contribution in [-0.4, -0.2) is 18.8 Å². The molecule has 1 aliphatic heterocycles. The van der Waals surface area contributed by atoms with Gasteiger partial charge in [-0.15, -0.1) is 0 Å². The van der Waals surface area contributed by atoms with Gasteiger partial charge in [-0.2, -0.15) is 0 Å². The largest absolute Gasteiger partial charge is 0.488 e. The number of nitrogens with zero attached hydrogens (tertiary/aromatic N) is 1. The van der Waals surface area contributed by atoms with Gasteiger partial charge < -0.3 is 19.5 Å². The van der Waals surface area contributed by atoms with Crippen molar-refractivity contribution in [2.24, 2.45) is 0 Å². The summed E-state index contributed by atoms with van der Waals surface area (Å²) in [5.41, 5.74) is 3.03. The van der Waals surface area contributed by atoms with E-state index in [1.165, 1.54) is 0 Å². The van der Waals surface area contributed by atoms with Crippen LogP contribution in [0, 0.1) is 6.92 Å². The monoisotopic (exact) mass is 286 g/mol. The number of hydrogen-bond acceptors (Lipinski definition) is 5. The van der Waals surface area contributed by atoms with E-state index in [2.05, 4.69) is 10.3 Å². The molecule has 5 nitrogen and oxygen atoms in total. The Morgan fingerprint density at radius 3 is 2.95 bits per heavy atom. The summed E-state index contributed by atoms with van der Waals surface area (Å²) in [6.07, 6.45) is 1.85. The second-order valence-corrected chi connectivity index (χ2v) is 4.94. The smallest absolute Gasteiger partial charge is 0.231 e. The number of aromatic nitrogens is 1. The quantitative estimate of drug-likeness (QED) is 0.915. The lowest BCUT2D eigenvalue weighted by molar-refractivity contribution is 0.174. The third kappa shape index (κ3) is 3.08. The number of hydrogen-bond donors (Lipinski definition) is 1. The topological polar surface area (TPSA) is 52.6 Å². The van der Waals surface area contributed by atoms with Gasteiger partial charge in [0.25, 0.3) is 0 Å².